The maximum absolute atomic E-state index is 12.6. The Morgan fingerprint density at radius 1 is 1.29 bits per heavy atom. The number of methoxy groups -OCH3 is 1. The molecule has 1 atom stereocenters. The predicted molar refractivity (Wildman–Crippen MR) is 95.0 cm³/mol. The number of hydrogen-bond donors (Lipinski definition) is 0. The Bertz CT molecular complexity index is 653. The van der Waals surface area contributed by atoms with Gasteiger partial charge < -0.3 is 14.4 Å². The summed E-state index contributed by atoms with van der Waals surface area (Å²) in [6.45, 7) is 8.16. The van der Waals surface area contributed by atoms with Crippen molar-refractivity contribution in [3.05, 3.63) is 33.8 Å². The molecule has 1 aromatic carbocycles. The Morgan fingerprint density at radius 3 is 2.50 bits per heavy atom. The average molecular weight is 398 g/mol. The molecule has 1 heterocycles. The van der Waals surface area contributed by atoms with Gasteiger partial charge in [0.05, 0.1) is 7.11 Å². The first-order chi connectivity index (χ1) is 11.1. The van der Waals surface area contributed by atoms with Gasteiger partial charge in [-0.15, -0.1) is 0 Å². The second kappa shape index (κ2) is 6.75. The van der Waals surface area contributed by atoms with Gasteiger partial charge >= 0.3 is 12.1 Å². The summed E-state index contributed by atoms with van der Waals surface area (Å²) in [5.74, 6) is -0.320. The van der Waals surface area contributed by atoms with Gasteiger partial charge in [0.25, 0.3) is 0 Å². The van der Waals surface area contributed by atoms with Crippen molar-refractivity contribution < 1.29 is 19.1 Å². The normalized spacial score (nSPS) is 20.8. The molecule has 1 saturated heterocycles. The minimum Gasteiger partial charge on any atom is -0.468 e. The van der Waals surface area contributed by atoms with E-state index in [1.54, 1.807) is 4.90 Å². The second-order valence-corrected chi connectivity index (χ2v) is 8.10. The van der Waals surface area contributed by atoms with Gasteiger partial charge in [-0.2, -0.15) is 0 Å². The molecule has 0 aromatic heterocycles. The zero-order valence-electron chi connectivity index (χ0n) is 14.8. The number of esters is 1. The van der Waals surface area contributed by atoms with Crippen LogP contribution in [0.15, 0.2) is 22.7 Å². The lowest BCUT2D eigenvalue weighted by atomic mass is 9.77. The van der Waals surface area contributed by atoms with Crippen molar-refractivity contribution in [1.82, 2.24) is 4.90 Å². The van der Waals surface area contributed by atoms with Crippen LogP contribution < -0.4 is 0 Å². The molecule has 0 aliphatic carbocycles. The summed E-state index contributed by atoms with van der Waals surface area (Å²) in [7, 11) is 1.38. The molecule has 1 amide bonds. The molecule has 6 heteroatoms. The highest BCUT2D eigenvalue weighted by Crippen LogP contribution is 2.39. The van der Waals surface area contributed by atoms with Crippen molar-refractivity contribution in [3.8, 4) is 0 Å². The van der Waals surface area contributed by atoms with Gasteiger partial charge in [-0.05, 0) is 57.4 Å². The highest BCUT2D eigenvalue weighted by molar-refractivity contribution is 9.10. The number of rotatable bonds is 2. The quantitative estimate of drug-likeness (QED) is 0.711. The lowest BCUT2D eigenvalue weighted by Crippen LogP contribution is -2.43. The van der Waals surface area contributed by atoms with Gasteiger partial charge in [0.2, 0.25) is 0 Å². The third-order valence-electron chi connectivity index (χ3n) is 4.20. The number of halogens is 1. The summed E-state index contributed by atoms with van der Waals surface area (Å²) >= 11 is 3.44. The van der Waals surface area contributed by atoms with Gasteiger partial charge in [0.15, 0.2) is 0 Å². The number of carbonyl (C=O) groups excluding carboxylic acids is 2. The molecule has 1 unspecified atom stereocenters. The van der Waals surface area contributed by atoms with Crippen molar-refractivity contribution in [2.24, 2.45) is 0 Å². The largest absolute Gasteiger partial charge is 0.468 e. The van der Waals surface area contributed by atoms with Crippen LogP contribution in [0.4, 0.5) is 4.79 Å². The summed E-state index contributed by atoms with van der Waals surface area (Å²) in [5, 5.41) is 0. The maximum Gasteiger partial charge on any atom is 0.410 e. The van der Waals surface area contributed by atoms with Gasteiger partial charge in [-0.3, -0.25) is 4.79 Å². The molecule has 0 bridgehead atoms. The van der Waals surface area contributed by atoms with Crippen LogP contribution in [0.2, 0.25) is 0 Å². The van der Waals surface area contributed by atoms with Crippen molar-refractivity contribution >= 4 is 28.0 Å². The Labute approximate surface area is 151 Å². The first-order valence-electron chi connectivity index (χ1n) is 7.92. The summed E-state index contributed by atoms with van der Waals surface area (Å²) in [6, 6.07) is 5.80. The maximum atomic E-state index is 12.6. The summed E-state index contributed by atoms with van der Waals surface area (Å²) in [4.78, 5) is 26.6. The van der Waals surface area contributed by atoms with Gasteiger partial charge in [0, 0.05) is 17.6 Å². The molecular formula is C18H24BrNO4. The highest BCUT2D eigenvalue weighted by Gasteiger charge is 2.49. The van der Waals surface area contributed by atoms with Crippen LogP contribution in [0.5, 0.6) is 0 Å². The van der Waals surface area contributed by atoms with Gasteiger partial charge in [-0.1, -0.05) is 22.0 Å². The molecule has 5 nitrogen and oxygen atoms in total. The van der Waals surface area contributed by atoms with Crippen LogP contribution in [0.1, 0.15) is 38.3 Å². The van der Waals surface area contributed by atoms with Crippen molar-refractivity contribution in [3.63, 3.8) is 0 Å². The summed E-state index contributed by atoms with van der Waals surface area (Å²) in [5.41, 5.74) is 0.460. The van der Waals surface area contributed by atoms with E-state index in [1.807, 2.05) is 45.9 Å². The van der Waals surface area contributed by atoms with Crippen LogP contribution in [0.25, 0.3) is 0 Å². The fourth-order valence-corrected chi connectivity index (χ4v) is 3.62. The number of amides is 1. The molecule has 1 aromatic rings. The van der Waals surface area contributed by atoms with Gasteiger partial charge in [0.1, 0.15) is 11.0 Å². The topological polar surface area (TPSA) is 55.8 Å². The molecule has 0 radical (unpaired) electrons. The van der Waals surface area contributed by atoms with Crippen LogP contribution in [0.3, 0.4) is 0 Å². The van der Waals surface area contributed by atoms with Crippen molar-refractivity contribution in [1.29, 1.82) is 0 Å². The molecule has 1 aliphatic heterocycles. The second-order valence-electron chi connectivity index (χ2n) is 7.18. The molecule has 0 saturated carbocycles. The van der Waals surface area contributed by atoms with E-state index in [0.29, 0.717) is 13.0 Å². The molecule has 2 rings (SSSR count). The summed E-state index contributed by atoms with van der Waals surface area (Å²) in [6.07, 6.45) is 0.115. The third kappa shape index (κ3) is 3.74. The standard InChI is InChI=1S/C18H24BrNO4/c1-12-10-13(19)6-7-14(12)18(15(21)23-5)8-9-20(11-18)16(22)24-17(2,3)4/h6-7,10H,8-9,11H2,1-5H3. The number of ether oxygens (including phenoxy) is 2. The zero-order chi connectivity index (χ0) is 18.1. The van der Waals surface area contributed by atoms with E-state index in [4.69, 9.17) is 9.47 Å². The zero-order valence-corrected chi connectivity index (χ0v) is 16.4. The molecule has 0 spiro atoms. The summed E-state index contributed by atoms with van der Waals surface area (Å²) < 4.78 is 11.5. The van der Waals surface area contributed by atoms with E-state index in [-0.39, 0.29) is 12.5 Å². The number of likely N-dealkylation sites (tertiary alicyclic amines) is 1. The van der Waals surface area contributed by atoms with Crippen LogP contribution in [-0.4, -0.2) is 42.8 Å². The number of benzene rings is 1. The first kappa shape index (κ1) is 18.8. The molecule has 1 aliphatic rings. The predicted octanol–water partition coefficient (Wildman–Crippen LogP) is 3.81. The lowest BCUT2D eigenvalue weighted by molar-refractivity contribution is -0.147. The van der Waals surface area contributed by atoms with Gasteiger partial charge in [-0.25, -0.2) is 4.79 Å². The SMILES string of the molecule is COC(=O)C1(c2ccc(Br)cc2C)CCN(C(=O)OC(C)(C)C)C1. The van der Waals surface area contributed by atoms with E-state index in [9.17, 15) is 9.59 Å². The Hall–Kier alpha value is -1.56. The van der Waals surface area contributed by atoms with Crippen molar-refractivity contribution in [2.45, 2.75) is 45.1 Å². The van der Waals surface area contributed by atoms with Crippen LogP contribution in [0, 0.1) is 6.92 Å². The lowest BCUT2D eigenvalue weighted by Gasteiger charge is -2.29. The minimum atomic E-state index is -0.851. The van der Waals surface area contributed by atoms with E-state index in [2.05, 4.69) is 15.9 Å². The number of hydrogen-bond acceptors (Lipinski definition) is 4. The highest BCUT2D eigenvalue weighted by atomic mass is 79.9. The fourth-order valence-electron chi connectivity index (χ4n) is 3.15. The number of carbonyl (C=O) groups is 2. The fraction of sp³-hybridized carbons (Fsp3) is 0.556. The van der Waals surface area contributed by atoms with Crippen LogP contribution in [-0.2, 0) is 19.7 Å². The van der Waals surface area contributed by atoms with E-state index >= 15 is 0 Å². The Balaban J connectivity index is 2.35. The van der Waals surface area contributed by atoms with Crippen LogP contribution >= 0.6 is 15.9 Å². The van der Waals surface area contributed by atoms with E-state index in [0.717, 1.165) is 15.6 Å². The first-order valence-corrected chi connectivity index (χ1v) is 8.71. The smallest absolute Gasteiger partial charge is 0.410 e. The molecule has 132 valence electrons. The third-order valence-corrected chi connectivity index (χ3v) is 4.69. The molecule has 1 fully saturated rings. The number of aryl methyl sites for hydroxylation is 1. The minimum absolute atomic E-state index is 0.261. The van der Waals surface area contributed by atoms with Crippen molar-refractivity contribution in [2.75, 3.05) is 20.2 Å². The average Bonchev–Trinajstić information content (AvgIpc) is 2.91. The molecule has 0 N–H and O–H groups in total. The monoisotopic (exact) mass is 397 g/mol. The molecule has 24 heavy (non-hydrogen) atoms. The van der Waals surface area contributed by atoms with E-state index < -0.39 is 17.1 Å². The molecular weight excluding hydrogens is 374 g/mol. The Kier molecular flexibility index (Phi) is 5.28. The number of nitrogens with zero attached hydrogens (tertiary/aromatic N) is 1. The van der Waals surface area contributed by atoms with E-state index in [1.165, 1.54) is 7.11 Å². The Morgan fingerprint density at radius 2 is 1.96 bits per heavy atom.